The first-order chi connectivity index (χ1) is 8.20. The summed E-state index contributed by atoms with van der Waals surface area (Å²) in [6, 6.07) is 6.67. The summed E-state index contributed by atoms with van der Waals surface area (Å²) in [5, 5.41) is 11.0. The molecule has 0 saturated carbocycles. The van der Waals surface area contributed by atoms with Crippen molar-refractivity contribution >= 4 is 11.6 Å². The molecule has 0 amide bonds. The average Bonchev–Trinajstić information content (AvgIpc) is 2.34. The lowest BCUT2D eigenvalue weighted by Gasteiger charge is -2.06. The Kier molecular flexibility index (Phi) is 2.92. The Balaban J connectivity index is 2.35. The standard InChI is InChI=1S/C11H6F2N4/c12-8-2-1-3-9(13)10(8)17-11-15-5-4-7(6-14)16-11/h1-5H,(H,15,16,17). The molecule has 0 bridgehead atoms. The summed E-state index contributed by atoms with van der Waals surface area (Å²) in [6.07, 6.45) is 1.33. The Hall–Kier alpha value is -2.55. The van der Waals surface area contributed by atoms with Gasteiger partial charge in [-0.05, 0) is 18.2 Å². The lowest BCUT2D eigenvalue weighted by atomic mass is 10.3. The minimum Gasteiger partial charge on any atom is -0.319 e. The third kappa shape index (κ3) is 2.34. The first-order valence-corrected chi connectivity index (χ1v) is 4.65. The zero-order valence-electron chi connectivity index (χ0n) is 8.48. The van der Waals surface area contributed by atoms with E-state index < -0.39 is 11.6 Å². The normalized spacial score (nSPS) is 9.71. The molecule has 2 aromatic rings. The van der Waals surface area contributed by atoms with Crippen molar-refractivity contribution in [2.24, 2.45) is 0 Å². The van der Waals surface area contributed by atoms with Crippen molar-refractivity contribution in [2.45, 2.75) is 0 Å². The van der Waals surface area contributed by atoms with Crippen molar-refractivity contribution in [3.63, 3.8) is 0 Å². The lowest BCUT2D eigenvalue weighted by molar-refractivity contribution is 0.590. The molecule has 4 nitrogen and oxygen atoms in total. The van der Waals surface area contributed by atoms with Crippen LogP contribution in [0.2, 0.25) is 0 Å². The minimum atomic E-state index is -0.754. The molecule has 84 valence electrons. The van der Waals surface area contributed by atoms with Crippen molar-refractivity contribution in [1.82, 2.24) is 9.97 Å². The maximum atomic E-state index is 13.3. The van der Waals surface area contributed by atoms with Crippen LogP contribution in [-0.2, 0) is 0 Å². The van der Waals surface area contributed by atoms with Crippen LogP contribution < -0.4 is 5.32 Å². The second-order valence-electron chi connectivity index (χ2n) is 3.10. The molecule has 17 heavy (non-hydrogen) atoms. The number of aromatic nitrogens is 2. The van der Waals surface area contributed by atoms with Gasteiger partial charge in [0.25, 0.3) is 0 Å². The maximum Gasteiger partial charge on any atom is 0.228 e. The van der Waals surface area contributed by atoms with Gasteiger partial charge in [0, 0.05) is 6.20 Å². The molecule has 0 aliphatic heterocycles. The minimum absolute atomic E-state index is 0.0342. The van der Waals surface area contributed by atoms with E-state index in [1.807, 2.05) is 0 Å². The van der Waals surface area contributed by atoms with E-state index in [1.54, 1.807) is 6.07 Å². The molecule has 0 fully saturated rings. The topological polar surface area (TPSA) is 61.6 Å². The van der Waals surface area contributed by atoms with Gasteiger partial charge in [0.15, 0.2) is 0 Å². The van der Waals surface area contributed by atoms with E-state index in [0.29, 0.717) is 0 Å². The Bertz CT molecular complexity index is 572. The molecular formula is C11H6F2N4. The van der Waals surface area contributed by atoms with Crippen molar-refractivity contribution in [3.8, 4) is 6.07 Å². The van der Waals surface area contributed by atoms with Gasteiger partial charge < -0.3 is 5.32 Å². The van der Waals surface area contributed by atoms with Gasteiger partial charge in [-0.15, -0.1) is 0 Å². The molecule has 6 heteroatoms. The highest BCUT2D eigenvalue weighted by Gasteiger charge is 2.09. The molecule has 0 atom stereocenters. The lowest BCUT2D eigenvalue weighted by Crippen LogP contribution is -2.02. The van der Waals surface area contributed by atoms with Crippen LogP contribution in [-0.4, -0.2) is 9.97 Å². The zero-order chi connectivity index (χ0) is 12.3. The van der Waals surface area contributed by atoms with Crippen LogP contribution >= 0.6 is 0 Å². The summed E-state index contributed by atoms with van der Waals surface area (Å²) in [7, 11) is 0. The van der Waals surface area contributed by atoms with E-state index in [1.165, 1.54) is 18.3 Å². The van der Waals surface area contributed by atoms with Crippen LogP contribution in [0.1, 0.15) is 5.69 Å². The maximum absolute atomic E-state index is 13.3. The number of nitrogens with one attached hydrogen (secondary N) is 1. The average molecular weight is 232 g/mol. The van der Waals surface area contributed by atoms with Crippen molar-refractivity contribution in [1.29, 1.82) is 5.26 Å². The summed E-state index contributed by atoms with van der Waals surface area (Å²) in [5.74, 6) is -1.54. The largest absolute Gasteiger partial charge is 0.319 e. The van der Waals surface area contributed by atoms with Gasteiger partial charge in [0.1, 0.15) is 29.1 Å². The molecule has 0 unspecified atom stereocenters. The molecular weight excluding hydrogens is 226 g/mol. The molecule has 0 aliphatic carbocycles. The number of rotatable bonds is 2. The van der Waals surface area contributed by atoms with Gasteiger partial charge in [0.05, 0.1) is 0 Å². The third-order valence-corrected chi connectivity index (χ3v) is 1.97. The van der Waals surface area contributed by atoms with E-state index in [-0.39, 0.29) is 17.3 Å². The molecule has 0 spiro atoms. The summed E-state index contributed by atoms with van der Waals surface area (Å²) >= 11 is 0. The van der Waals surface area contributed by atoms with Gasteiger partial charge in [0.2, 0.25) is 5.95 Å². The third-order valence-electron chi connectivity index (χ3n) is 1.97. The van der Waals surface area contributed by atoms with Crippen LogP contribution in [0.4, 0.5) is 20.4 Å². The van der Waals surface area contributed by atoms with Crippen LogP contribution in [0.5, 0.6) is 0 Å². The molecule has 1 aromatic carbocycles. The van der Waals surface area contributed by atoms with E-state index in [0.717, 1.165) is 12.1 Å². The van der Waals surface area contributed by atoms with E-state index in [2.05, 4.69) is 15.3 Å². The number of benzene rings is 1. The van der Waals surface area contributed by atoms with Crippen LogP contribution in [0.3, 0.4) is 0 Å². The van der Waals surface area contributed by atoms with E-state index >= 15 is 0 Å². The highest BCUT2D eigenvalue weighted by atomic mass is 19.1. The quantitative estimate of drug-likeness (QED) is 0.863. The van der Waals surface area contributed by atoms with Crippen molar-refractivity contribution in [3.05, 3.63) is 47.8 Å². The number of anilines is 2. The molecule has 1 heterocycles. The highest BCUT2D eigenvalue weighted by molar-refractivity contribution is 5.55. The van der Waals surface area contributed by atoms with Gasteiger partial charge in [-0.1, -0.05) is 6.07 Å². The number of hydrogen-bond donors (Lipinski definition) is 1. The van der Waals surface area contributed by atoms with Gasteiger partial charge in [-0.2, -0.15) is 5.26 Å². The van der Waals surface area contributed by atoms with E-state index in [4.69, 9.17) is 5.26 Å². The molecule has 1 aromatic heterocycles. The monoisotopic (exact) mass is 232 g/mol. The van der Waals surface area contributed by atoms with Crippen LogP contribution in [0.25, 0.3) is 0 Å². The van der Waals surface area contributed by atoms with Crippen molar-refractivity contribution in [2.75, 3.05) is 5.32 Å². The Morgan fingerprint density at radius 1 is 1.18 bits per heavy atom. The number of nitrogens with zero attached hydrogens (tertiary/aromatic N) is 3. The predicted octanol–water partition coefficient (Wildman–Crippen LogP) is 2.37. The van der Waals surface area contributed by atoms with Gasteiger partial charge >= 0.3 is 0 Å². The van der Waals surface area contributed by atoms with Gasteiger partial charge in [-0.3, -0.25) is 0 Å². The number of hydrogen-bond acceptors (Lipinski definition) is 4. The summed E-state index contributed by atoms with van der Waals surface area (Å²) in [6.45, 7) is 0. The molecule has 0 saturated heterocycles. The second-order valence-corrected chi connectivity index (χ2v) is 3.10. The molecule has 0 aliphatic rings. The Morgan fingerprint density at radius 3 is 2.53 bits per heavy atom. The summed E-state index contributed by atoms with van der Waals surface area (Å²) < 4.78 is 26.6. The van der Waals surface area contributed by atoms with Crippen molar-refractivity contribution < 1.29 is 8.78 Å². The highest BCUT2D eigenvalue weighted by Crippen LogP contribution is 2.20. The predicted molar refractivity (Wildman–Crippen MR) is 56.4 cm³/mol. The molecule has 2 rings (SSSR count). The van der Waals surface area contributed by atoms with Crippen LogP contribution in [0, 0.1) is 23.0 Å². The fraction of sp³-hybridized carbons (Fsp3) is 0. The first-order valence-electron chi connectivity index (χ1n) is 4.65. The number of halogens is 2. The SMILES string of the molecule is N#Cc1ccnc(Nc2c(F)cccc2F)n1. The van der Waals surface area contributed by atoms with E-state index in [9.17, 15) is 8.78 Å². The van der Waals surface area contributed by atoms with Gasteiger partial charge in [-0.25, -0.2) is 18.7 Å². The second kappa shape index (κ2) is 4.53. The Morgan fingerprint density at radius 2 is 1.88 bits per heavy atom. The smallest absolute Gasteiger partial charge is 0.228 e. The van der Waals surface area contributed by atoms with Crippen LogP contribution in [0.15, 0.2) is 30.5 Å². The summed E-state index contributed by atoms with van der Waals surface area (Å²) in [4.78, 5) is 7.51. The number of nitriles is 1. The Labute approximate surface area is 95.6 Å². The molecule has 1 N–H and O–H groups in total. The summed E-state index contributed by atoms with van der Waals surface area (Å²) in [5.41, 5.74) is -0.234. The number of para-hydroxylation sites is 1. The fourth-order valence-electron chi connectivity index (χ4n) is 1.21. The zero-order valence-corrected chi connectivity index (χ0v) is 8.48. The fourth-order valence-corrected chi connectivity index (χ4v) is 1.21. The molecule has 0 radical (unpaired) electrons. The first kappa shape index (κ1) is 11.0.